The molecule has 0 radical (unpaired) electrons. The molecule has 3 aromatic rings. The molecule has 1 N–H and O–H groups in total. The third kappa shape index (κ3) is 3.74. The summed E-state index contributed by atoms with van der Waals surface area (Å²) in [7, 11) is 1.63. The highest BCUT2D eigenvalue weighted by molar-refractivity contribution is 6.33. The van der Waals surface area contributed by atoms with Crippen molar-refractivity contribution in [3.8, 4) is 5.75 Å². The third-order valence-corrected chi connectivity index (χ3v) is 5.45. The lowest BCUT2D eigenvalue weighted by Gasteiger charge is -2.27. The first-order valence-electron chi connectivity index (χ1n) is 9.80. The Bertz CT molecular complexity index is 982. The van der Waals surface area contributed by atoms with Crippen LogP contribution in [0.15, 0.2) is 30.5 Å². The van der Waals surface area contributed by atoms with E-state index in [1.165, 1.54) is 12.8 Å². The number of hydrogen-bond acceptors (Lipinski definition) is 5. The summed E-state index contributed by atoms with van der Waals surface area (Å²) >= 11 is 6.44. The summed E-state index contributed by atoms with van der Waals surface area (Å²) in [6, 6.07) is 7.54. The molecule has 28 heavy (non-hydrogen) atoms. The zero-order valence-corrected chi connectivity index (χ0v) is 17.3. The van der Waals surface area contributed by atoms with Gasteiger partial charge in [0.1, 0.15) is 17.4 Å². The van der Waals surface area contributed by atoms with Gasteiger partial charge in [0.05, 0.1) is 24.0 Å². The normalized spacial score (nSPS) is 13.7. The van der Waals surface area contributed by atoms with Crippen molar-refractivity contribution in [3.63, 3.8) is 0 Å². The minimum absolute atomic E-state index is 0.596. The van der Waals surface area contributed by atoms with E-state index < -0.39 is 0 Å². The summed E-state index contributed by atoms with van der Waals surface area (Å²) in [5.41, 5.74) is 2.69. The number of hydrogen-bond donors (Lipinski definition) is 1. The number of nitrogens with zero attached hydrogens (tertiary/aromatic N) is 4. The summed E-state index contributed by atoms with van der Waals surface area (Å²) in [6.07, 6.45) is 5.53. The number of methoxy groups -OCH3 is 1. The molecular formula is C21H26ClN5O. The van der Waals surface area contributed by atoms with E-state index in [0.29, 0.717) is 5.02 Å². The second kappa shape index (κ2) is 7.87. The van der Waals surface area contributed by atoms with Crippen molar-refractivity contribution in [2.45, 2.75) is 33.1 Å². The summed E-state index contributed by atoms with van der Waals surface area (Å²) in [5, 5.41) is 8.55. The molecule has 0 aliphatic heterocycles. The minimum atomic E-state index is 0.596. The molecule has 7 heteroatoms. The molecule has 0 saturated heterocycles. The molecule has 0 unspecified atom stereocenters. The summed E-state index contributed by atoms with van der Waals surface area (Å²) in [4.78, 5) is 7.24. The predicted molar refractivity (Wildman–Crippen MR) is 114 cm³/mol. The first-order valence-corrected chi connectivity index (χ1v) is 10.2. The van der Waals surface area contributed by atoms with Crippen molar-refractivity contribution in [2.75, 3.05) is 30.4 Å². The highest BCUT2D eigenvalue weighted by Gasteiger charge is 2.27. The Kier molecular flexibility index (Phi) is 5.31. The molecule has 0 spiro atoms. The minimum Gasteiger partial charge on any atom is -0.497 e. The first-order chi connectivity index (χ1) is 13.6. The number of anilines is 3. The van der Waals surface area contributed by atoms with E-state index in [1.54, 1.807) is 19.4 Å². The molecule has 1 aliphatic rings. The molecule has 1 saturated carbocycles. The Morgan fingerprint density at radius 3 is 2.82 bits per heavy atom. The van der Waals surface area contributed by atoms with Crippen molar-refractivity contribution in [2.24, 2.45) is 5.92 Å². The van der Waals surface area contributed by atoms with Crippen molar-refractivity contribution in [1.29, 1.82) is 0 Å². The predicted octanol–water partition coefficient (Wildman–Crippen LogP) is 5.07. The van der Waals surface area contributed by atoms with Crippen LogP contribution in [0.5, 0.6) is 5.75 Å². The van der Waals surface area contributed by atoms with Gasteiger partial charge in [0, 0.05) is 30.8 Å². The van der Waals surface area contributed by atoms with Crippen LogP contribution in [0.1, 0.15) is 31.7 Å². The van der Waals surface area contributed by atoms with Gasteiger partial charge in [-0.2, -0.15) is 9.61 Å². The monoisotopic (exact) mass is 399 g/mol. The second-order valence-corrected chi connectivity index (χ2v) is 7.78. The standard InChI is InChI=1S/C21H26ClN5O/c1-4-11-26(13-15-5-6-15)21-14(2)20(25-19-9-10-23-27(19)21)24-18-8-7-16(28-3)12-17(18)22/h7-10,12,15H,4-6,11,13H2,1-3H3,(H,24,25). The SMILES string of the molecule is CCCN(CC1CC1)c1c(C)c(Nc2ccc(OC)cc2Cl)nc2ccnn12. The van der Waals surface area contributed by atoms with E-state index in [0.717, 1.165) is 59.7 Å². The molecule has 2 heterocycles. The van der Waals surface area contributed by atoms with Crippen LogP contribution in [0.4, 0.5) is 17.3 Å². The number of aromatic nitrogens is 3. The van der Waals surface area contributed by atoms with Gasteiger partial charge in [-0.3, -0.25) is 0 Å². The van der Waals surface area contributed by atoms with E-state index in [-0.39, 0.29) is 0 Å². The van der Waals surface area contributed by atoms with Crippen LogP contribution in [-0.2, 0) is 0 Å². The highest BCUT2D eigenvalue weighted by Crippen LogP contribution is 2.36. The Morgan fingerprint density at radius 1 is 1.32 bits per heavy atom. The molecule has 1 fully saturated rings. The molecule has 0 amide bonds. The number of fused-ring (bicyclic) bond motifs is 1. The van der Waals surface area contributed by atoms with E-state index in [2.05, 4.69) is 29.2 Å². The maximum Gasteiger partial charge on any atom is 0.159 e. The number of rotatable bonds is 8. The average molecular weight is 400 g/mol. The van der Waals surface area contributed by atoms with Crippen LogP contribution in [0.2, 0.25) is 5.02 Å². The van der Waals surface area contributed by atoms with Crippen LogP contribution in [0, 0.1) is 12.8 Å². The van der Waals surface area contributed by atoms with Crippen LogP contribution in [-0.4, -0.2) is 34.8 Å². The molecule has 1 aliphatic carbocycles. The average Bonchev–Trinajstić information content (AvgIpc) is 3.38. The molecule has 4 rings (SSSR count). The fraction of sp³-hybridized carbons (Fsp3) is 0.429. The fourth-order valence-corrected chi connectivity index (χ4v) is 3.74. The van der Waals surface area contributed by atoms with Gasteiger partial charge in [-0.05, 0) is 44.2 Å². The Hall–Kier alpha value is -2.47. The van der Waals surface area contributed by atoms with Crippen molar-refractivity contribution in [3.05, 3.63) is 41.0 Å². The molecular weight excluding hydrogens is 374 g/mol. The molecule has 2 aromatic heterocycles. The smallest absolute Gasteiger partial charge is 0.159 e. The zero-order chi connectivity index (χ0) is 19.7. The van der Waals surface area contributed by atoms with Crippen molar-refractivity contribution < 1.29 is 4.74 Å². The lowest BCUT2D eigenvalue weighted by molar-refractivity contribution is 0.415. The van der Waals surface area contributed by atoms with Gasteiger partial charge in [0.25, 0.3) is 0 Å². The Labute approximate surface area is 170 Å². The van der Waals surface area contributed by atoms with Gasteiger partial charge in [0.2, 0.25) is 0 Å². The van der Waals surface area contributed by atoms with E-state index in [1.807, 2.05) is 22.7 Å². The van der Waals surface area contributed by atoms with Gasteiger partial charge < -0.3 is 15.0 Å². The quantitative estimate of drug-likeness (QED) is 0.573. The number of benzene rings is 1. The molecule has 1 aromatic carbocycles. The third-order valence-electron chi connectivity index (χ3n) is 5.14. The molecule has 0 bridgehead atoms. The maximum absolute atomic E-state index is 6.44. The largest absolute Gasteiger partial charge is 0.497 e. The summed E-state index contributed by atoms with van der Waals surface area (Å²) < 4.78 is 7.20. The van der Waals surface area contributed by atoms with E-state index >= 15 is 0 Å². The first kappa shape index (κ1) is 18.9. The van der Waals surface area contributed by atoms with Gasteiger partial charge in [-0.25, -0.2) is 4.98 Å². The fourth-order valence-electron chi connectivity index (χ4n) is 3.52. The van der Waals surface area contributed by atoms with Crippen LogP contribution in [0.25, 0.3) is 5.65 Å². The zero-order valence-electron chi connectivity index (χ0n) is 16.6. The van der Waals surface area contributed by atoms with Gasteiger partial charge >= 0.3 is 0 Å². The van der Waals surface area contributed by atoms with Crippen molar-refractivity contribution in [1.82, 2.24) is 14.6 Å². The molecule has 148 valence electrons. The Balaban J connectivity index is 1.75. The number of nitrogens with one attached hydrogen (secondary N) is 1. The highest BCUT2D eigenvalue weighted by atomic mass is 35.5. The van der Waals surface area contributed by atoms with Gasteiger partial charge in [-0.1, -0.05) is 18.5 Å². The molecule has 0 atom stereocenters. The number of ether oxygens (including phenoxy) is 1. The van der Waals surface area contributed by atoms with E-state index in [4.69, 9.17) is 21.3 Å². The Morgan fingerprint density at radius 2 is 2.14 bits per heavy atom. The number of halogens is 1. The van der Waals surface area contributed by atoms with Crippen LogP contribution < -0.4 is 15.0 Å². The summed E-state index contributed by atoms with van der Waals surface area (Å²) in [5.74, 6) is 3.42. The van der Waals surface area contributed by atoms with Crippen LogP contribution >= 0.6 is 11.6 Å². The lowest BCUT2D eigenvalue weighted by atomic mass is 10.2. The van der Waals surface area contributed by atoms with Crippen LogP contribution in [0.3, 0.4) is 0 Å². The lowest BCUT2D eigenvalue weighted by Crippen LogP contribution is -2.30. The second-order valence-electron chi connectivity index (χ2n) is 7.37. The van der Waals surface area contributed by atoms with Gasteiger partial charge in [0.15, 0.2) is 5.65 Å². The maximum atomic E-state index is 6.44. The van der Waals surface area contributed by atoms with E-state index in [9.17, 15) is 0 Å². The van der Waals surface area contributed by atoms with Crippen molar-refractivity contribution >= 4 is 34.6 Å². The topological polar surface area (TPSA) is 54.7 Å². The molecule has 6 nitrogen and oxygen atoms in total. The summed E-state index contributed by atoms with van der Waals surface area (Å²) in [6.45, 7) is 6.38. The van der Waals surface area contributed by atoms with Gasteiger partial charge in [-0.15, -0.1) is 0 Å².